The van der Waals surface area contributed by atoms with E-state index in [0.717, 1.165) is 0 Å². The molecule has 1 fully saturated rings. The normalized spacial score (nSPS) is 18.5. The monoisotopic (exact) mass is 412 g/mol. The van der Waals surface area contributed by atoms with Crippen molar-refractivity contribution < 1.29 is 39.6 Å². The first kappa shape index (κ1) is 21.0. The van der Waals surface area contributed by atoms with Crippen LogP contribution in [0.4, 0.5) is 0 Å². The first-order valence-corrected chi connectivity index (χ1v) is 9.41. The zero-order valence-corrected chi connectivity index (χ0v) is 15.9. The Morgan fingerprint density at radius 2 is 0.900 bits per heavy atom. The van der Waals surface area contributed by atoms with Gasteiger partial charge in [0.05, 0.1) is 22.3 Å². The van der Waals surface area contributed by atoms with Gasteiger partial charge >= 0.3 is 23.9 Å². The van der Waals surface area contributed by atoms with Crippen molar-refractivity contribution in [1.29, 1.82) is 0 Å². The highest BCUT2D eigenvalue weighted by atomic mass is 16.4. The molecule has 0 aliphatic heterocycles. The second kappa shape index (κ2) is 8.36. The average molecular weight is 412 g/mol. The molecule has 0 unspecified atom stereocenters. The molecule has 1 aliphatic carbocycles. The summed E-state index contributed by atoms with van der Waals surface area (Å²) in [4.78, 5) is 46.3. The molecule has 0 amide bonds. The molecular weight excluding hydrogens is 392 g/mol. The third kappa shape index (κ3) is 3.89. The smallest absolute Gasteiger partial charge is 0.336 e. The maximum Gasteiger partial charge on any atom is 0.336 e. The molecule has 0 saturated heterocycles. The van der Waals surface area contributed by atoms with E-state index in [1.807, 2.05) is 0 Å². The van der Waals surface area contributed by atoms with Crippen LogP contribution in [0.1, 0.15) is 90.1 Å². The van der Waals surface area contributed by atoms with Crippen molar-refractivity contribution in [1.82, 2.24) is 0 Å². The van der Waals surface area contributed by atoms with Crippen molar-refractivity contribution in [2.24, 2.45) is 0 Å². The highest BCUT2D eigenvalue weighted by Gasteiger charge is 2.31. The summed E-state index contributed by atoms with van der Waals surface area (Å²) in [5, 5.41) is 37.7. The second-order valence-corrected chi connectivity index (χ2v) is 7.31. The topological polar surface area (TPSA) is 149 Å². The standard InChI is InChI=1S/C22H20O8/c23-19(24)15-5-1-3-13(17(15)21(27)28)11-7-9-12(10-8-11)14-4-2-6-16(20(25)26)18(14)22(29)30/h1-6,11-12H,7-10H2,(H,23,24)(H,25,26)(H,27,28)(H,29,30). The number of carbonyl (C=O) groups is 4. The minimum absolute atomic E-state index is 0.178. The van der Waals surface area contributed by atoms with E-state index >= 15 is 0 Å². The lowest BCUT2D eigenvalue weighted by Crippen LogP contribution is -2.20. The summed E-state index contributed by atoms with van der Waals surface area (Å²) in [6.45, 7) is 0. The highest BCUT2D eigenvalue weighted by Crippen LogP contribution is 2.43. The van der Waals surface area contributed by atoms with Gasteiger partial charge in [-0.05, 0) is 60.8 Å². The predicted octanol–water partition coefficient (Wildman–Crippen LogP) is 3.92. The molecule has 30 heavy (non-hydrogen) atoms. The van der Waals surface area contributed by atoms with Crippen LogP contribution in [0, 0.1) is 0 Å². The van der Waals surface area contributed by atoms with E-state index in [1.54, 1.807) is 12.1 Å². The summed E-state index contributed by atoms with van der Waals surface area (Å²) >= 11 is 0. The van der Waals surface area contributed by atoms with Crippen LogP contribution in [0.3, 0.4) is 0 Å². The van der Waals surface area contributed by atoms with E-state index < -0.39 is 23.9 Å². The quantitative estimate of drug-likeness (QED) is 0.558. The van der Waals surface area contributed by atoms with Crippen LogP contribution in [0.15, 0.2) is 36.4 Å². The Morgan fingerprint density at radius 1 is 0.567 bits per heavy atom. The third-order valence-electron chi connectivity index (χ3n) is 5.69. The Labute approximate surface area is 171 Å². The Morgan fingerprint density at radius 3 is 1.17 bits per heavy atom. The van der Waals surface area contributed by atoms with Crippen LogP contribution in [0.25, 0.3) is 0 Å². The molecule has 8 heteroatoms. The molecule has 2 aromatic carbocycles. The van der Waals surface area contributed by atoms with Gasteiger partial charge in [-0.25, -0.2) is 19.2 Å². The Balaban J connectivity index is 1.90. The molecule has 0 aromatic heterocycles. The minimum atomic E-state index is -1.31. The Bertz CT molecular complexity index is 948. The van der Waals surface area contributed by atoms with Gasteiger partial charge < -0.3 is 20.4 Å². The lowest BCUT2D eigenvalue weighted by molar-refractivity contribution is 0.0649. The molecule has 0 atom stereocenters. The molecule has 0 spiro atoms. The van der Waals surface area contributed by atoms with Crippen LogP contribution in [0.2, 0.25) is 0 Å². The fraction of sp³-hybridized carbons (Fsp3) is 0.273. The summed E-state index contributed by atoms with van der Waals surface area (Å²) in [7, 11) is 0. The number of hydrogen-bond donors (Lipinski definition) is 4. The van der Waals surface area contributed by atoms with Gasteiger partial charge in [0.15, 0.2) is 0 Å². The Kier molecular flexibility index (Phi) is 5.86. The fourth-order valence-electron chi connectivity index (χ4n) is 4.37. The van der Waals surface area contributed by atoms with Gasteiger partial charge in [-0.3, -0.25) is 0 Å². The molecule has 1 saturated carbocycles. The zero-order chi connectivity index (χ0) is 22.0. The highest BCUT2D eigenvalue weighted by molar-refractivity contribution is 6.03. The van der Waals surface area contributed by atoms with E-state index in [9.17, 15) is 39.6 Å². The predicted molar refractivity (Wildman–Crippen MR) is 105 cm³/mol. The van der Waals surface area contributed by atoms with Crippen molar-refractivity contribution in [3.63, 3.8) is 0 Å². The fourth-order valence-corrected chi connectivity index (χ4v) is 4.37. The molecule has 156 valence electrons. The van der Waals surface area contributed by atoms with Crippen molar-refractivity contribution in [2.75, 3.05) is 0 Å². The minimum Gasteiger partial charge on any atom is -0.478 e. The Hall–Kier alpha value is -3.68. The number of benzene rings is 2. The average Bonchev–Trinajstić information content (AvgIpc) is 2.72. The SMILES string of the molecule is O=C(O)c1cccc(C2CCC(c3cccc(C(=O)O)c3C(=O)O)CC2)c1C(=O)O. The van der Waals surface area contributed by atoms with Gasteiger partial charge in [0.25, 0.3) is 0 Å². The van der Waals surface area contributed by atoms with E-state index in [4.69, 9.17) is 0 Å². The number of carboxylic acid groups (broad SMARTS) is 4. The lowest BCUT2D eigenvalue weighted by Gasteiger charge is -2.31. The maximum absolute atomic E-state index is 11.7. The summed E-state index contributed by atoms with van der Waals surface area (Å²) in [5.41, 5.74) is -0.0359. The number of rotatable bonds is 6. The molecule has 3 rings (SSSR count). The van der Waals surface area contributed by atoms with E-state index in [-0.39, 0.29) is 34.1 Å². The van der Waals surface area contributed by atoms with Gasteiger partial charge in [-0.15, -0.1) is 0 Å². The van der Waals surface area contributed by atoms with Crippen molar-refractivity contribution in [2.45, 2.75) is 37.5 Å². The molecule has 0 heterocycles. The first-order valence-electron chi connectivity index (χ1n) is 9.41. The molecule has 0 radical (unpaired) electrons. The molecule has 4 N–H and O–H groups in total. The van der Waals surface area contributed by atoms with Crippen LogP contribution >= 0.6 is 0 Å². The van der Waals surface area contributed by atoms with E-state index in [2.05, 4.69) is 0 Å². The van der Waals surface area contributed by atoms with Gasteiger partial charge in [-0.1, -0.05) is 24.3 Å². The molecular formula is C22H20O8. The summed E-state index contributed by atoms with van der Waals surface area (Å²) < 4.78 is 0. The summed E-state index contributed by atoms with van der Waals surface area (Å²) in [6, 6.07) is 8.81. The summed E-state index contributed by atoms with van der Waals surface area (Å²) in [5.74, 6) is -5.57. The maximum atomic E-state index is 11.7. The largest absolute Gasteiger partial charge is 0.478 e. The second-order valence-electron chi connectivity index (χ2n) is 7.31. The van der Waals surface area contributed by atoms with Crippen molar-refractivity contribution in [3.8, 4) is 0 Å². The van der Waals surface area contributed by atoms with E-state index in [0.29, 0.717) is 36.8 Å². The van der Waals surface area contributed by atoms with Crippen molar-refractivity contribution in [3.05, 3.63) is 69.8 Å². The van der Waals surface area contributed by atoms with Crippen LogP contribution in [0.5, 0.6) is 0 Å². The molecule has 2 aromatic rings. The lowest BCUT2D eigenvalue weighted by atomic mass is 9.73. The summed E-state index contributed by atoms with van der Waals surface area (Å²) in [6.07, 6.45) is 2.13. The number of carboxylic acids is 4. The number of aromatic carboxylic acids is 4. The van der Waals surface area contributed by atoms with Gasteiger partial charge in [0.1, 0.15) is 0 Å². The van der Waals surface area contributed by atoms with Crippen LogP contribution in [-0.4, -0.2) is 44.3 Å². The number of hydrogen-bond acceptors (Lipinski definition) is 4. The van der Waals surface area contributed by atoms with Gasteiger partial charge in [0.2, 0.25) is 0 Å². The first-order chi connectivity index (χ1) is 14.2. The molecule has 8 nitrogen and oxygen atoms in total. The van der Waals surface area contributed by atoms with Gasteiger partial charge in [0, 0.05) is 0 Å². The zero-order valence-electron chi connectivity index (χ0n) is 15.9. The van der Waals surface area contributed by atoms with E-state index in [1.165, 1.54) is 24.3 Å². The van der Waals surface area contributed by atoms with Crippen LogP contribution < -0.4 is 0 Å². The molecule has 1 aliphatic rings. The van der Waals surface area contributed by atoms with Crippen molar-refractivity contribution >= 4 is 23.9 Å². The third-order valence-corrected chi connectivity index (χ3v) is 5.69. The van der Waals surface area contributed by atoms with Gasteiger partial charge in [-0.2, -0.15) is 0 Å². The molecule has 0 bridgehead atoms. The van der Waals surface area contributed by atoms with Crippen LogP contribution in [-0.2, 0) is 0 Å².